The zero-order chi connectivity index (χ0) is 18.8. The molecule has 0 spiro atoms. The number of hydrogen-bond acceptors (Lipinski definition) is 3. The van der Waals surface area contributed by atoms with E-state index in [-0.39, 0.29) is 12.5 Å². The Balaban J connectivity index is 1.65. The van der Waals surface area contributed by atoms with E-state index in [1.165, 1.54) is 4.90 Å². The molecule has 0 aliphatic carbocycles. The van der Waals surface area contributed by atoms with E-state index in [1.54, 1.807) is 49.5 Å². The van der Waals surface area contributed by atoms with Gasteiger partial charge in [0.15, 0.2) is 0 Å². The van der Waals surface area contributed by atoms with Gasteiger partial charge in [-0.05, 0) is 23.8 Å². The molecule has 0 bridgehead atoms. The fourth-order valence-electron chi connectivity index (χ4n) is 2.74. The number of likely N-dealkylation sites (N-methyl/N-ethyl adjacent to an activating group) is 1. The Labute approximate surface area is 160 Å². The van der Waals surface area contributed by atoms with E-state index in [4.69, 9.17) is 23.2 Å². The molecule has 134 valence electrons. The number of anilines is 1. The Bertz CT molecular complexity index is 901. The van der Waals surface area contributed by atoms with Gasteiger partial charge in [0.25, 0.3) is 5.91 Å². The van der Waals surface area contributed by atoms with Crippen LogP contribution in [0.4, 0.5) is 5.69 Å². The normalized spacial score (nSPS) is 15.6. The van der Waals surface area contributed by atoms with Gasteiger partial charge in [0.2, 0.25) is 0 Å². The Morgan fingerprint density at radius 1 is 1.12 bits per heavy atom. The molecular formula is C18H15Cl2N3O3. The predicted octanol–water partition coefficient (Wildman–Crippen LogP) is 2.44. The summed E-state index contributed by atoms with van der Waals surface area (Å²) in [7, 11) is 1.62. The van der Waals surface area contributed by atoms with E-state index in [0.29, 0.717) is 26.9 Å². The van der Waals surface area contributed by atoms with Crippen molar-refractivity contribution in [1.82, 2.24) is 10.6 Å². The van der Waals surface area contributed by atoms with Gasteiger partial charge >= 0.3 is 11.8 Å². The average molecular weight is 392 g/mol. The number of nitrogens with zero attached hydrogens (tertiary/aromatic N) is 1. The van der Waals surface area contributed by atoms with E-state index in [1.807, 2.05) is 0 Å². The lowest BCUT2D eigenvalue weighted by molar-refractivity contribution is -0.140. The molecule has 0 aromatic heterocycles. The second-order valence-corrected chi connectivity index (χ2v) is 6.62. The fraction of sp³-hybridized carbons (Fsp3) is 0.167. The molecule has 2 aromatic carbocycles. The average Bonchev–Trinajstić information content (AvgIpc) is 2.86. The monoisotopic (exact) mass is 391 g/mol. The largest absolute Gasteiger partial charge is 0.344 e. The van der Waals surface area contributed by atoms with Crippen LogP contribution < -0.4 is 15.5 Å². The highest BCUT2D eigenvalue weighted by Crippen LogP contribution is 2.34. The number of hydrogen-bond donors (Lipinski definition) is 2. The first-order valence-corrected chi connectivity index (χ1v) is 8.53. The van der Waals surface area contributed by atoms with Gasteiger partial charge < -0.3 is 15.5 Å². The molecule has 0 radical (unpaired) electrons. The summed E-state index contributed by atoms with van der Waals surface area (Å²) in [4.78, 5) is 38.0. The Morgan fingerprint density at radius 2 is 1.85 bits per heavy atom. The summed E-state index contributed by atoms with van der Waals surface area (Å²) in [6.45, 7) is 0.0668. The van der Waals surface area contributed by atoms with Gasteiger partial charge in [0.05, 0.1) is 0 Å². The van der Waals surface area contributed by atoms with E-state index >= 15 is 0 Å². The third-order valence-electron chi connectivity index (χ3n) is 4.12. The molecule has 1 aliphatic heterocycles. The number of amides is 3. The molecule has 0 fully saturated rings. The van der Waals surface area contributed by atoms with Crippen LogP contribution in [0.15, 0.2) is 42.5 Å². The van der Waals surface area contributed by atoms with Crippen LogP contribution in [0.5, 0.6) is 0 Å². The van der Waals surface area contributed by atoms with E-state index in [0.717, 1.165) is 0 Å². The number of fused-ring (bicyclic) bond motifs is 1. The van der Waals surface area contributed by atoms with Crippen molar-refractivity contribution < 1.29 is 14.4 Å². The highest BCUT2D eigenvalue weighted by Gasteiger charge is 2.36. The lowest BCUT2D eigenvalue weighted by Crippen LogP contribution is -2.43. The summed E-state index contributed by atoms with van der Waals surface area (Å²) in [5, 5.41) is 5.82. The molecule has 1 aliphatic rings. The minimum absolute atomic E-state index is 0.0668. The lowest BCUT2D eigenvalue weighted by atomic mass is 10.1. The van der Waals surface area contributed by atoms with Crippen LogP contribution in [0.3, 0.4) is 0 Å². The van der Waals surface area contributed by atoms with Crippen LogP contribution in [0.25, 0.3) is 0 Å². The van der Waals surface area contributed by atoms with Gasteiger partial charge in [-0.3, -0.25) is 14.4 Å². The maximum Gasteiger partial charge on any atom is 0.310 e. The van der Waals surface area contributed by atoms with E-state index in [9.17, 15) is 14.4 Å². The molecule has 2 N–H and O–H groups in total. The summed E-state index contributed by atoms with van der Waals surface area (Å²) >= 11 is 11.9. The Kier molecular flexibility index (Phi) is 5.15. The number of halogens is 2. The molecule has 0 saturated heterocycles. The molecule has 3 amide bonds. The summed E-state index contributed by atoms with van der Waals surface area (Å²) in [5.41, 5.74) is 1.98. The van der Waals surface area contributed by atoms with Crippen LogP contribution >= 0.6 is 23.2 Å². The number of rotatable bonds is 3. The number of carbonyl (C=O) groups excluding carboxylic acids is 3. The summed E-state index contributed by atoms with van der Waals surface area (Å²) in [6.07, 6.45) is 0. The second kappa shape index (κ2) is 7.35. The van der Waals surface area contributed by atoms with Crippen molar-refractivity contribution in [3.05, 3.63) is 63.6 Å². The molecule has 26 heavy (non-hydrogen) atoms. The van der Waals surface area contributed by atoms with Crippen LogP contribution in [-0.2, 0) is 20.9 Å². The van der Waals surface area contributed by atoms with Crippen molar-refractivity contribution in [3.63, 3.8) is 0 Å². The second-order valence-electron chi connectivity index (χ2n) is 5.78. The number of para-hydroxylation sites is 1. The minimum atomic E-state index is -0.890. The summed E-state index contributed by atoms with van der Waals surface area (Å²) < 4.78 is 0. The van der Waals surface area contributed by atoms with Crippen molar-refractivity contribution >= 4 is 46.6 Å². The topological polar surface area (TPSA) is 78.5 Å². The smallest absolute Gasteiger partial charge is 0.310 e. The molecule has 1 atom stereocenters. The van der Waals surface area contributed by atoms with Gasteiger partial charge in [-0.25, -0.2) is 0 Å². The minimum Gasteiger partial charge on any atom is -0.344 e. The molecule has 6 nitrogen and oxygen atoms in total. The highest BCUT2D eigenvalue weighted by atomic mass is 35.5. The number of benzene rings is 2. The first-order valence-electron chi connectivity index (χ1n) is 7.77. The first kappa shape index (κ1) is 18.2. The molecule has 0 unspecified atom stereocenters. The van der Waals surface area contributed by atoms with Crippen molar-refractivity contribution in [3.8, 4) is 0 Å². The van der Waals surface area contributed by atoms with Gasteiger partial charge in [-0.1, -0.05) is 47.5 Å². The fourth-order valence-corrected chi connectivity index (χ4v) is 3.21. The maximum atomic E-state index is 12.3. The molecular weight excluding hydrogens is 377 g/mol. The van der Waals surface area contributed by atoms with Gasteiger partial charge in [-0.2, -0.15) is 0 Å². The lowest BCUT2D eigenvalue weighted by Gasteiger charge is -2.13. The molecule has 0 saturated carbocycles. The SMILES string of the molecule is CN1C(=O)[C@@H](NC(=O)C(=O)NCc2ccc(Cl)cc2Cl)c2ccccc21. The standard InChI is InChI=1S/C18H15Cl2N3O3/c1-23-14-5-3-2-4-12(14)15(18(23)26)22-17(25)16(24)21-9-10-6-7-11(19)8-13(10)20/h2-8,15H,9H2,1H3,(H,21,24)(H,22,25)/t15-/m0/s1. The van der Waals surface area contributed by atoms with Crippen LogP contribution in [0, 0.1) is 0 Å². The number of nitrogens with one attached hydrogen (secondary N) is 2. The van der Waals surface area contributed by atoms with Gasteiger partial charge in [0.1, 0.15) is 6.04 Å². The van der Waals surface area contributed by atoms with Gasteiger partial charge in [0, 0.05) is 34.9 Å². The quantitative estimate of drug-likeness (QED) is 0.788. The molecule has 8 heteroatoms. The number of carbonyl (C=O) groups is 3. The molecule has 2 aromatic rings. The van der Waals surface area contributed by atoms with Crippen molar-refractivity contribution in [2.45, 2.75) is 12.6 Å². The third-order valence-corrected chi connectivity index (χ3v) is 4.71. The summed E-state index contributed by atoms with van der Waals surface area (Å²) in [5.74, 6) is -2.04. The zero-order valence-corrected chi connectivity index (χ0v) is 15.3. The maximum absolute atomic E-state index is 12.3. The predicted molar refractivity (Wildman–Crippen MR) is 99.0 cm³/mol. The zero-order valence-electron chi connectivity index (χ0n) is 13.8. The van der Waals surface area contributed by atoms with E-state index in [2.05, 4.69) is 10.6 Å². The third kappa shape index (κ3) is 3.52. The summed E-state index contributed by atoms with van der Waals surface area (Å²) in [6, 6.07) is 11.1. The Morgan fingerprint density at radius 3 is 2.58 bits per heavy atom. The Hall–Kier alpha value is -2.57. The van der Waals surface area contributed by atoms with Crippen LogP contribution in [0.1, 0.15) is 17.2 Å². The van der Waals surface area contributed by atoms with E-state index < -0.39 is 17.9 Å². The van der Waals surface area contributed by atoms with Crippen LogP contribution in [0.2, 0.25) is 10.0 Å². The van der Waals surface area contributed by atoms with Crippen molar-refractivity contribution in [2.75, 3.05) is 11.9 Å². The van der Waals surface area contributed by atoms with Crippen LogP contribution in [-0.4, -0.2) is 24.8 Å². The van der Waals surface area contributed by atoms with Crippen molar-refractivity contribution in [1.29, 1.82) is 0 Å². The highest BCUT2D eigenvalue weighted by molar-refractivity contribution is 6.36. The van der Waals surface area contributed by atoms with Crippen molar-refractivity contribution in [2.24, 2.45) is 0 Å². The molecule has 1 heterocycles. The van der Waals surface area contributed by atoms with Gasteiger partial charge in [-0.15, -0.1) is 0 Å². The molecule has 3 rings (SSSR count). The first-order chi connectivity index (χ1) is 12.4.